The second kappa shape index (κ2) is 7.91. The lowest BCUT2D eigenvalue weighted by molar-refractivity contribution is -0.144. The van der Waals surface area contributed by atoms with Crippen molar-refractivity contribution in [1.29, 1.82) is 0 Å². The molecule has 1 aromatic rings. The molecule has 0 aliphatic rings. The Morgan fingerprint density at radius 1 is 1.45 bits per heavy atom. The van der Waals surface area contributed by atoms with Gasteiger partial charge in [-0.1, -0.05) is 37.6 Å². The topological polar surface area (TPSA) is 49.3 Å². The zero-order valence-electron chi connectivity index (χ0n) is 12.1. The third-order valence-electron chi connectivity index (χ3n) is 3.18. The van der Waals surface area contributed by atoms with Crippen LogP contribution in [0.2, 0.25) is 5.02 Å². The van der Waals surface area contributed by atoms with Crippen LogP contribution < -0.4 is 5.32 Å². The van der Waals surface area contributed by atoms with Crippen LogP contribution >= 0.6 is 23.4 Å². The molecule has 1 rings (SSSR count). The van der Waals surface area contributed by atoms with E-state index in [0.717, 1.165) is 10.8 Å². The molecule has 0 spiro atoms. The van der Waals surface area contributed by atoms with Crippen LogP contribution in [0.25, 0.3) is 0 Å². The zero-order chi connectivity index (χ0) is 15.2. The van der Waals surface area contributed by atoms with Gasteiger partial charge in [0.15, 0.2) is 0 Å². The van der Waals surface area contributed by atoms with Gasteiger partial charge in [0.25, 0.3) is 0 Å². The number of hydrogen-bond donors (Lipinski definition) is 2. The largest absolute Gasteiger partial charge is 0.480 e. The minimum absolute atomic E-state index is 0.255. The summed E-state index contributed by atoms with van der Waals surface area (Å²) in [5.41, 5.74) is 0.341. The van der Waals surface area contributed by atoms with Crippen molar-refractivity contribution in [2.24, 2.45) is 0 Å². The summed E-state index contributed by atoms with van der Waals surface area (Å²) in [6.07, 6.45) is 0.592. The monoisotopic (exact) mass is 315 g/mol. The molecule has 0 aromatic heterocycles. The number of thioether (sulfide) groups is 1. The van der Waals surface area contributed by atoms with Gasteiger partial charge >= 0.3 is 5.97 Å². The molecule has 5 heteroatoms. The van der Waals surface area contributed by atoms with E-state index < -0.39 is 11.5 Å². The van der Waals surface area contributed by atoms with Crippen molar-refractivity contribution in [3.63, 3.8) is 0 Å². The lowest BCUT2D eigenvalue weighted by atomic mass is 9.96. The zero-order valence-corrected chi connectivity index (χ0v) is 13.7. The predicted molar refractivity (Wildman–Crippen MR) is 86.5 cm³/mol. The van der Waals surface area contributed by atoms with Crippen LogP contribution in [0.4, 0.5) is 0 Å². The Balaban J connectivity index is 2.51. The van der Waals surface area contributed by atoms with Crippen LogP contribution in [0.3, 0.4) is 0 Å². The molecule has 0 aliphatic carbocycles. The maximum absolute atomic E-state index is 11.4. The van der Waals surface area contributed by atoms with Crippen LogP contribution in [0, 0.1) is 0 Å². The standard InChI is InChI=1S/C15H22ClNO2S/c1-4-17-15(3,14(18)19)9-11(2)20-10-12-5-7-13(16)8-6-12/h5-8,11,17H,4,9-10H2,1-3H3,(H,18,19). The number of rotatable bonds is 8. The lowest BCUT2D eigenvalue weighted by Gasteiger charge is -2.28. The number of nitrogens with one attached hydrogen (secondary N) is 1. The highest BCUT2D eigenvalue weighted by atomic mass is 35.5. The number of likely N-dealkylation sites (N-methyl/N-ethyl adjacent to an activating group) is 1. The number of carboxylic acids is 1. The Bertz CT molecular complexity index is 438. The third-order valence-corrected chi connectivity index (χ3v) is 4.67. The first-order chi connectivity index (χ1) is 9.37. The first-order valence-corrected chi connectivity index (χ1v) is 8.14. The average molecular weight is 316 g/mol. The van der Waals surface area contributed by atoms with Crippen molar-refractivity contribution >= 4 is 29.3 Å². The molecule has 3 nitrogen and oxygen atoms in total. The fourth-order valence-corrected chi connectivity index (χ4v) is 3.32. The molecule has 112 valence electrons. The van der Waals surface area contributed by atoms with Gasteiger partial charge in [0.2, 0.25) is 0 Å². The van der Waals surface area contributed by atoms with Gasteiger partial charge in [0.05, 0.1) is 0 Å². The first-order valence-electron chi connectivity index (χ1n) is 6.72. The SMILES string of the molecule is CCNC(C)(CC(C)SCc1ccc(Cl)cc1)C(=O)O. The quantitative estimate of drug-likeness (QED) is 0.766. The summed E-state index contributed by atoms with van der Waals surface area (Å²) in [5.74, 6) is 0.0680. The molecule has 0 saturated heterocycles. The highest BCUT2D eigenvalue weighted by Crippen LogP contribution is 2.25. The highest BCUT2D eigenvalue weighted by molar-refractivity contribution is 7.99. The highest BCUT2D eigenvalue weighted by Gasteiger charge is 2.33. The summed E-state index contributed by atoms with van der Waals surface area (Å²) in [6.45, 7) is 6.39. The van der Waals surface area contributed by atoms with Crippen molar-refractivity contribution < 1.29 is 9.90 Å². The summed E-state index contributed by atoms with van der Waals surface area (Å²) in [5, 5.41) is 13.4. The van der Waals surface area contributed by atoms with Crippen LogP contribution in [0.1, 0.15) is 32.8 Å². The van der Waals surface area contributed by atoms with E-state index in [1.165, 1.54) is 5.56 Å². The van der Waals surface area contributed by atoms with Gasteiger partial charge < -0.3 is 10.4 Å². The second-order valence-electron chi connectivity index (χ2n) is 5.12. The number of halogens is 1. The molecule has 2 unspecified atom stereocenters. The lowest BCUT2D eigenvalue weighted by Crippen LogP contribution is -2.50. The van der Waals surface area contributed by atoms with Gasteiger partial charge in [-0.25, -0.2) is 0 Å². The molecule has 2 N–H and O–H groups in total. The molecule has 1 aromatic carbocycles. The first kappa shape index (κ1) is 17.3. The Hall–Kier alpha value is -0.710. The van der Waals surface area contributed by atoms with Crippen LogP contribution in [-0.2, 0) is 10.5 Å². The fourth-order valence-electron chi connectivity index (χ4n) is 2.08. The number of carbonyl (C=O) groups is 1. The summed E-state index contributed by atoms with van der Waals surface area (Å²) in [7, 11) is 0. The third kappa shape index (κ3) is 5.35. The second-order valence-corrected chi connectivity index (χ2v) is 6.98. The van der Waals surface area contributed by atoms with E-state index in [0.29, 0.717) is 13.0 Å². The molecular formula is C15H22ClNO2S. The molecule has 0 heterocycles. The van der Waals surface area contributed by atoms with Crippen molar-refractivity contribution in [3.8, 4) is 0 Å². The normalized spacial score (nSPS) is 15.6. The molecule has 0 amide bonds. The molecular weight excluding hydrogens is 294 g/mol. The molecule has 0 bridgehead atoms. The van der Waals surface area contributed by atoms with E-state index >= 15 is 0 Å². The van der Waals surface area contributed by atoms with Crippen LogP contribution in [0.5, 0.6) is 0 Å². The van der Waals surface area contributed by atoms with Crippen LogP contribution in [0.15, 0.2) is 24.3 Å². The van der Waals surface area contributed by atoms with E-state index in [9.17, 15) is 9.90 Å². The maximum atomic E-state index is 11.4. The summed E-state index contributed by atoms with van der Waals surface area (Å²) in [6, 6.07) is 7.76. The van der Waals surface area contributed by atoms with E-state index in [2.05, 4.69) is 12.2 Å². The number of benzene rings is 1. The Morgan fingerprint density at radius 3 is 2.55 bits per heavy atom. The van der Waals surface area contributed by atoms with E-state index in [1.807, 2.05) is 31.2 Å². The summed E-state index contributed by atoms with van der Waals surface area (Å²) in [4.78, 5) is 11.4. The summed E-state index contributed by atoms with van der Waals surface area (Å²) >= 11 is 7.61. The minimum Gasteiger partial charge on any atom is -0.480 e. The molecule has 0 radical (unpaired) electrons. The Morgan fingerprint density at radius 2 is 2.05 bits per heavy atom. The van der Waals surface area contributed by atoms with E-state index in [1.54, 1.807) is 18.7 Å². The van der Waals surface area contributed by atoms with Gasteiger partial charge in [-0.05, 0) is 37.6 Å². The molecule has 20 heavy (non-hydrogen) atoms. The van der Waals surface area contributed by atoms with Crippen molar-refractivity contribution in [3.05, 3.63) is 34.9 Å². The Labute approximate surface area is 130 Å². The number of hydrogen-bond acceptors (Lipinski definition) is 3. The van der Waals surface area contributed by atoms with Gasteiger partial charge in [-0.3, -0.25) is 4.79 Å². The average Bonchev–Trinajstić information content (AvgIpc) is 2.38. The molecule has 0 fully saturated rings. The maximum Gasteiger partial charge on any atom is 0.323 e. The van der Waals surface area contributed by atoms with E-state index in [4.69, 9.17) is 11.6 Å². The predicted octanol–water partition coefficient (Wildman–Crippen LogP) is 3.80. The van der Waals surface area contributed by atoms with E-state index in [-0.39, 0.29) is 5.25 Å². The fraction of sp³-hybridized carbons (Fsp3) is 0.533. The van der Waals surface area contributed by atoms with Crippen LogP contribution in [-0.4, -0.2) is 28.4 Å². The Kier molecular flexibility index (Phi) is 6.86. The van der Waals surface area contributed by atoms with Gasteiger partial charge in [0, 0.05) is 16.0 Å². The number of aliphatic carboxylic acids is 1. The van der Waals surface area contributed by atoms with Gasteiger partial charge in [-0.2, -0.15) is 11.8 Å². The molecule has 0 saturated carbocycles. The van der Waals surface area contributed by atoms with Gasteiger partial charge in [-0.15, -0.1) is 0 Å². The molecule has 2 atom stereocenters. The van der Waals surface area contributed by atoms with Gasteiger partial charge in [0.1, 0.15) is 5.54 Å². The molecule has 0 aliphatic heterocycles. The minimum atomic E-state index is -0.860. The van der Waals surface area contributed by atoms with Crippen molar-refractivity contribution in [2.45, 2.75) is 43.7 Å². The number of carboxylic acid groups (broad SMARTS) is 1. The summed E-state index contributed by atoms with van der Waals surface area (Å²) < 4.78 is 0. The smallest absolute Gasteiger partial charge is 0.323 e. The van der Waals surface area contributed by atoms with Crippen molar-refractivity contribution in [1.82, 2.24) is 5.32 Å². The van der Waals surface area contributed by atoms with Crippen molar-refractivity contribution in [2.75, 3.05) is 6.54 Å².